The number of carbonyl (C=O) groups is 2. The van der Waals surface area contributed by atoms with Crippen LogP contribution in [0.4, 0.5) is 0 Å². The summed E-state index contributed by atoms with van der Waals surface area (Å²) in [6.45, 7) is 9.11. The van der Waals surface area contributed by atoms with E-state index in [1.54, 1.807) is 0 Å². The quantitative estimate of drug-likeness (QED) is 0.184. The molecule has 1 fully saturated rings. The molecule has 0 N–H and O–H groups in total. The third-order valence-electron chi connectivity index (χ3n) is 6.37. The number of rotatable bonds is 19. The highest BCUT2D eigenvalue weighted by Crippen LogP contribution is 2.11. The van der Waals surface area contributed by atoms with Crippen molar-refractivity contribution >= 4 is 11.9 Å². The monoisotopic (exact) mass is 438 g/mol. The fourth-order valence-electron chi connectivity index (χ4n) is 4.20. The van der Waals surface area contributed by atoms with Crippen LogP contribution in [-0.4, -0.2) is 61.0 Å². The summed E-state index contributed by atoms with van der Waals surface area (Å²) >= 11 is 0. The fraction of sp³-hybridized carbons (Fsp3) is 0.923. The van der Waals surface area contributed by atoms with Crippen molar-refractivity contribution in [2.24, 2.45) is 0 Å². The van der Waals surface area contributed by atoms with E-state index in [1.165, 1.54) is 70.6 Å². The molecule has 1 aliphatic heterocycles. The smallest absolute Gasteiger partial charge is 0.305 e. The van der Waals surface area contributed by atoms with Crippen LogP contribution in [0.2, 0.25) is 0 Å². The summed E-state index contributed by atoms with van der Waals surface area (Å²) in [6.07, 6.45) is 18.5. The van der Waals surface area contributed by atoms with E-state index in [4.69, 9.17) is 4.74 Å². The summed E-state index contributed by atoms with van der Waals surface area (Å²) in [5.74, 6) is 0.256. The molecular weight excluding hydrogens is 388 g/mol. The highest BCUT2D eigenvalue weighted by molar-refractivity contribution is 5.76. The van der Waals surface area contributed by atoms with Gasteiger partial charge in [0.1, 0.15) is 6.61 Å². The van der Waals surface area contributed by atoms with Crippen LogP contribution in [-0.2, 0) is 14.3 Å². The van der Waals surface area contributed by atoms with Gasteiger partial charge in [-0.15, -0.1) is 0 Å². The lowest BCUT2D eigenvalue weighted by Gasteiger charge is -2.34. The van der Waals surface area contributed by atoms with Crippen LogP contribution in [0.1, 0.15) is 117 Å². The van der Waals surface area contributed by atoms with Gasteiger partial charge in [0.15, 0.2) is 0 Å². The van der Waals surface area contributed by atoms with Crippen LogP contribution in [0.25, 0.3) is 0 Å². The Bertz CT molecular complexity index is 445. The SMILES string of the molecule is CCCCCCCCCC(=O)OCCN1CCN(C(=O)CCCCCCCCC)CC1. The van der Waals surface area contributed by atoms with Gasteiger partial charge < -0.3 is 9.64 Å². The summed E-state index contributed by atoms with van der Waals surface area (Å²) in [5, 5.41) is 0. The Morgan fingerprint density at radius 1 is 0.645 bits per heavy atom. The number of nitrogens with zero attached hydrogens (tertiary/aromatic N) is 2. The molecule has 1 saturated heterocycles. The average Bonchev–Trinajstić information content (AvgIpc) is 2.78. The molecule has 0 atom stereocenters. The number of ether oxygens (including phenoxy) is 1. The van der Waals surface area contributed by atoms with E-state index in [0.29, 0.717) is 25.4 Å². The van der Waals surface area contributed by atoms with Crippen molar-refractivity contribution in [1.29, 1.82) is 0 Å². The van der Waals surface area contributed by atoms with Crippen LogP contribution in [0.5, 0.6) is 0 Å². The van der Waals surface area contributed by atoms with E-state index in [-0.39, 0.29) is 5.97 Å². The first-order chi connectivity index (χ1) is 15.2. The summed E-state index contributed by atoms with van der Waals surface area (Å²) in [7, 11) is 0. The second kappa shape index (κ2) is 19.6. The van der Waals surface area contributed by atoms with Crippen molar-refractivity contribution in [2.45, 2.75) is 117 Å². The molecule has 0 bridgehead atoms. The van der Waals surface area contributed by atoms with Crippen molar-refractivity contribution in [3.05, 3.63) is 0 Å². The first-order valence-corrected chi connectivity index (χ1v) is 13.3. The van der Waals surface area contributed by atoms with Gasteiger partial charge in [-0.05, 0) is 12.8 Å². The van der Waals surface area contributed by atoms with Gasteiger partial charge >= 0.3 is 5.97 Å². The Hall–Kier alpha value is -1.10. The van der Waals surface area contributed by atoms with Crippen molar-refractivity contribution in [3.63, 3.8) is 0 Å². The molecule has 5 nitrogen and oxygen atoms in total. The Morgan fingerprint density at radius 2 is 1.13 bits per heavy atom. The molecule has 31 heavy (non-hydrogen) atoms. The third-order valence-corrected chi connectivity index (χ3v) is 6.37. The first-order valence-electron chi connectivity index (χ1n) is 13.3. The minimum atomic E-state index is -0.0583. The van der Waals surface area contributed by atoms with Gasteiger partial charge in [0.05, 0.1) is 0 Å². The second-order valence-electron chi connectivity index (χ2n) is 9.19. The Kier molecular flexibility index (Phi) is 17.6. The standard InChI is InChI=1S/C26H50N2O3/c1-3-5-7-9-11-13-15-17-25(29)28-21-19-27(20-22-28)23-24-31-26(30)18-16-14-12-10-8-6-4-2/h3-24H2,1-2H3. The van der Waals surface area contributed by atoms with Crippen LogP contribution in [0.15, 0.2) is 0 Å². The average molecular weight is 439 g/mol. The zero-order valence-corrected chi connectivity index (χ0v) is 20.7. The number of carbonyl (C=O) groups excluding carboxylic acids is 2. The molecule has 0 aromatic carbocycles. The molecule has 0 unspecified atom stereocenters. The molecule has 1 aliphatic rings. The maximum atomic E-state index is 12.4. The van der Waals surface area contributed by atoms with E-state index in [9.17, 15) is 9.59 Å². The van der Waals surface area contributed by atoms with Crippen LogP contribution in [0, 0.1) is 0 Å². The van der Waals surface area contributed by atoms with Crippen molar-refractivity contribution in [2.75, 3.05) is 39.3 Å². The van der Waals surface area contributed by atoms with Crippen LogP contribution >= 0.6 is 0 Å². The lowest BCUT2D eigenvalue weighted by atomic mass is 10.1. The molecule has 0 radical (unpaired) electrons. The number of amides is 1. The summed E-state index contributed by atoms with van der Waals surface area (Å²) in [4.78, 5) is 28.6. The van der Waals surface area contributed by atoms with E-state index < -0.39 is 0 Å². The van der Waals surface area contributed by atoms with E-state index in [1.807, 2.05) is 4.90 Å². The van der Waals surface area contributed by atoms with Crippen LogP contribution < -0.4 is 0 Å². The molecule has 1 heterocycles. The van der Waals surface area contributed by atoms with Crippen molar-refractivity contribution in [1.82, 2.24) is 9.80 Å². The number of piperazine rings is 1. The highest BCUT2D eigenvalue weighted by atomic mass is 16.5. The Balaban J connectivity index is 1.96. The predicted octanol–water partition coefficient (Wildman–Crippen LogP) is 5.96. The van der Waals surface area contributed by atoms with Gasteiger partial charge in [-0.3, -0.25) is 14.5 Å². The number of hydrogen-bond donors (Lipinski definition) is 0. The van der Waals surface area contributed by atoms with E-state index in [2.05, 4.69) is 18.7 Å². The van der Waals surface area contributed by atoms with Crippen molar-refractivity contribution in [3.8, 4) is 0 Å². The Morgan fingerprint density at radius 3 is 1.68 bits per heavy atom. The van der Waals surface area contributed by atoms with Gasteiger partial charge in [-0.25, -0.2) is 0 Å². The summed E-state index contributed by atoms with van der Waals surface area (Å²) in [5.41, 5.74) is 0. The lowest BCUT2D eigenvalue weighted by Crippen LogP contribution is -2.49. The minimum absolute atomic E-state index is 0.0583. The van der Waals surface area contributed by atoms with Gasteiger partial charge in [0.2, 0.25) is 5.91 Å². The third kappa shape index (κ3) is 15.4. The van der Waals surface area contributed by atoms with E-state index >= 15 is 0 Å². The van der Waals surface area contributed by atoms with Gasteiger partial charge in [-0.1, -0.05) is 90.9 Å². The maximum Gasteiger partial charge on any atom is 0.305 e. The number of hydrogen-bond acceptors (Lipinski definition) is 4. The number of esters is 1. The summed E-state index contributed by atoms with van der Waals surface area (Å²) in [6, 6.07) is 0. The normalized spacial score (nSPS) is 14.7. The van der Waals surface area contributed by atoms with Crippen LogP contribution in [0.3, 0.4) is 0 Å². The molecule has 0 aromatic heterocycles. The minimum Gasteiger partial charge on any atom is -0.464 e. The predicted molar refractivity (Wildman–Crippen MR) is 129 cm³/mol. The largest absolute Gasteiger partial charge is 0.464 e. The lowest BCUT2D eigenvalue weighted by molar-refractivity contribution is -0.144. The molecule has 0 spiro atoms. The number of unbranched alkanes of at least 4 members (excludes halogenated alkanes) is 12. The molecule has 0 saturated carbocycles. The van der Waals surface area contributed by atoms with Crippen molar-refractivity contribution < 1.29 is 14.3 Å². The zero-order valence-electron chi connectivity index (χ0n) is 20.7. The van der Waals surface area contributed by atoms with Gasteiger partial charge in [0.25, 0.3) is 0 Å². The molecule has 1 rings (SSSR count). The van der Waals surface area contributed by atoms with Gasteiger partial charge in [-0.2, -0.15) is 0 Å². The molecule has 1 amide bonds. The molecule has 182 valence electrons. The first kappa shape index (κ1) is 27.9. The van der Waals surface area contributed by atoms with Gasteiger partial charge in [0, 0.05) is 45.6 Å². The summed E-state index contributed by atoms with van der Waals surface area (Å²) < 4.78 is 5.40. The van der Waals surface area contributed by atoms with E-state index in [0.717, 1.165) is 52.0 Å². The molecule has 0 aliphatic carbocycles. The fourth-order valence-corrected chi connectivity index (χ4v) is 4.20. The molecule has 5 heteroatoms. The topological polar surface area (TPSA) is 49.9 Å². The molecular formula is C26H50N2O3. The zero-order chi connectivity index (χ0) is 22.6. The molecule has 0 aromatic rings. The maximum absolute atomic E-state index is 12.4. The second-order valence-corrected chi connectivity index (χ2v) is 9.19. The Labute approximate surface area is 192 Å². The highest BCUT2D eigenvalue weighted by Gasteiger charge is 2.20.